The number of anilines is 2. The molecule has 2 amide bonds. The lowest BCUT2D eigenvalue weighted by molar-refractivity contribution is -0.122. The number of hydrogen-bond acceptors (Lipinski definition) is 5. The van der Waals surface area contributed by atoms with E-state index in [9.17, 15) is 19.2 Å². The number of nitrogens with one attached hydrogen (secondary N) is 1. The zero-order valence-corrected chi connectivity index (χ0v) is 18.7. The zero-order valence-electron chi connectivity index (χ0n) is 18.7. The fourth-order valence-corrected chi connectivity index (χ4v) is 4.95. The van der Waals surface area contributed by atoms with Crippen LogP contribution >= 0.6 is 0 Å². The van der Waals surface area contributed by atoms with Gasteiger partial charge in [0, 0.05) is 37.9 Å². The van der Waals surface area contributed by atoms with Gasteiger partial charge < -0.3 is 14.8 Å². The largest absolute Gasteiger partial charge is 0.332 e. The summed E-state index contributed by atoms with van der Waals surface area (Å²) in [7, 11) is 2.93. The fourth-order valence-electron chi connectivity index (χ4n) is 4.95. The number of rotatable bonds is 4. The molecule has 1 saturated carbocycles. The second-order valence-corrected chi connectivity index (χ2v) is 8.86. The highest BCUT2D eigenvalue weighted by Gasteiger charge is 2.32. The van der Waals surface area contributed by atoms with Crippen LogP contribution in [0.25, 0.3) is 11.2 Å². The third kappa shape index (κ3) is 3.55. The summed E-state index contributed by atoms with van der Waals surface area (Å²) in [5.74, 6) is -0.0554. The molecule has 3 aromatic rings. The van der Waals surface area contributed by atoms with E-state index in [2.05, 4.69) is 10.3 Å². The van der Waals surface area contributed by atoms with Crippen molar-refractivity contribution in [1.29, 1.82) is 0 Å². The van der Waals surface area contributed by atoms with Gasteiger partial charge in [-0.1, -0.05) is 18.9 Å². The van der Waals surface area contributed by atoms with Crippen molar-refractivity contribution in [2.75, 3.05) is 16.8 Å². The van der Waals surface area contributed by atoms with Crippen LogP contribution in [0.1, 0.15) is 31.2 Å². The molecule has 1 aliphatic carbocycles. The van der Waals surface area contributed by atoms with Crippen LogP contribution in [0.2, 0.25) is 0 Å². The number of benzene rings is 1. The Bertz CT molecular complexity index is 1390. The second kappa shape index (κ2) is 8.02. The van der Waals surface area contributed by atoms with Gasteiger partial charge in [0.15, 0.2) is 11.2 Å². The maximum Gasteiger partial charge on any atom is 0.332 e. The van der Waals surface area contributed by atoms with Gasteiger partial charge in [0.25, 0.3) is 5.56 Å². The molecule has 0 atom stereocenters. The lowest BCUT2D eigenvalue weighted by atomic mass is 10.1. The van der Waals surface area contributed by atoms with Crippen molar-refractivity contribution in [3.8, 4) is 0 Å². The number of nitrogens with zero attached hydrogens (tertiary/aromatic N) is 5. The number of aryl methyl sites for hydroxylation is 1. The van der Waals surface area contributed by atoms with Gasteiger partial charge in [0.05, 0.1) is 6.33 Å². The molecule has 1 aliphatic heterocycles. The maximum atomic E-state index is 13.0. The van der Waals surface area contributed by atoms with Crippen LogP contribution in [0.4, 0.5) is 11.4 Å². The van der Waals surface area contributed by atoms with Crippen LogP contribution in [0.5, 0.6) is 0 Å². The molecule has 0 radical (unpaired) electrons. The predicted molar refractivity (Wildman–Crippen MR) is 123 cm³/mol. The molecule has 0 unspecified atom stereocenters. The predicted octanol–water partition coefficient (Wildman–Crippen LogP) is 1.15. The summed E-state index contributed by atoms with van der Waals surface area (Å²) >= 11 is 0. The Morgan fingerprint density at radius 1 is 1.12 bits per heavy atom. The second-order valence-electron chi connectivity index (χ2n) is 8.86. The summed E-state index contributed by atoms with van der Waals surface area (Å²) in [4.78, 5) is 56.4. The molecular weight excluding hydrogens is 424 g/mol. The summed E-state index contributed by atoms with van der Waals surface area (Å²) in [6.07, 6.45) is 6.30. The van der Waals surface area contributed by atoms with Crippen molar-refractivity contribution < 1.29 is 9.59 Å². The molecule has 2 aromatic heterocycles. The Hall–Kier alpha value is -3.69. The van der Waals surface area contributed by atoms with Crippen LogP contribution in [-0.2, 0) is 36.6 Å². The van der Waals surface area contributed by atoms with Gasteiger partial charge in [-0.25, -0.2) is 9.78 Å². The first kappa shape index (κ1) is 21.2. The number of amides is 2. The smallest absolute Gasteiger partial charge is 0.324 e. The first-order valence-corrected chi connectivity index (χ1v) is 11.2. The third-order valence-corrected chi connectivity index (χ3v) is 6.77. The number of fused-ring (bicyclic) bond motifs is 2. The summed E-state index contributed by atoms with van der Waals surface area (Å²) in [6.45, 7) is 0.539. The summed E-state index contributed by atoms with van der Waals surface area (Å²) in [5, 5.41) is 2.86. The standard InChI is InChI=1S/C23H26N6O4/c1-26-20-19(22(32)27(2)23(26)33)28(13-24-20)12-18(30)25-16-8-7-14-9-10-29(17(14)11-16)21(31)15-5-3-4-6-15/h7-8,11,13,15H,3-6,9-10,12H2,1-2H3,(H,25,30). The molecule has 0 spiro atoms. The van der Waals surface area contributed by atoms with Gasteiger partial charge in [-0.3, -0.25) is 23.5 Å². The van der Waals surface area contributed by atoms with Crippen molar-refractivity contribution in [2.45, 2.75) is 38.6 Å². The average molecular weight is 450 g/mol. The number of carbonyl (C=O) groups is 2. The highest BCUT2D eigenvalue weighted by atomic mass is 16.2. The SMILES string of the molecule is Cn1c(=O)c2c(ncn2CC(=O)Nc2ccc3c(c2)N(C(=O)C2CCCC2)CC3)n(C)c1=O. The zero-order chi connectivity index (χ0) is 23.3. The molecule has 10 nitrogen and oxygen atoms in total. The monoisotopic (exact) mass is 450 g/mol. The Kier molecular flexibility index (Phi) is 5.15. The minimum absolute atomic E-state index is 0.0993. The molecule has 2 aliphatic rings. The number of carbonyl (C=O) groups excluding carboxylic acids is 2. The fraction of sp³-hybridized carbons (Fsp3) is 0.435. The molecule has 33 heavy (non-hydrogen) atoms. The van der Waals surface area contributed by atoms with Crippen LogP contribution in [0.3, 0.4) is 0 Å². The van der Waals surface area contributed by atoms with Crippen molar-refractivity contribution in [3.05, 3.63) is 50.9 Å². The highest BCUT2D eigenvalue weighted by molar-refractivity contribution is 5.99. The quantitative estimate of drug-likeness (QED) is 0.641. The molecule has 0 saturated heterocycles. The van der Waals surface area contributed by atoms with E-state index in [0.717, 1.165) is 47.9 Å². The lowest BCUT2D eigenvalue weighted by Gasteiger charge is -2.21. The molecule has 10 heteroatoms. The van der Waals surface area contributed by atoms with Crippen molar-refractivity contribution in [3.63, 3.8) is 0 Å². The van der Waals surface area contributed by atoms with E-state index in [1.54, 1.807) is 0 Å². The molecular formula is C23H26N6O4. The first-order chi connectivity index (χ1) is 15.8. The van der Waals surface area contributed by atoms with E-state index in [4.69, 9.17) is 0 Å². The third-order valence-electron chi connectivity index (χ3n) is 6.77. The highest BCUT2D eigenvalue weighted by Crippen LogP contribution is 2.35. The molecule has 3 heterocycles. The molecule has 1 aromatic carbocycles. The van der Waals surface area contributed by atoms with Crippen molar-refractivity contribution in [1.82, 2.24) is 18.7 Å². The Balaban J connectivity index is 1.36. The van der Waals surface area contributed by atoms with Crippen LogP contribution in [0.15, 0.2) is 34.1 Å². The maximum absolute atomic E-state index is 13.0. The average Bonchev–Trinajstić information content (AvgIpc) is 3.55. The lowest BCUT2D eigenvalue weighted by Crippen LogP contribution is -2.37. The normalized spacial score (nSPS) is 15.9. The van der Waals surface area contributed by atoms with Crippen molar-refractivity contribution >= 4 is 34.4 Å². The topological polar surface area (TPSA) is 111 Å². The van der Waals surface area contributed by atoms with Gasteiger partial charge in [-0.2, -0.15) is 0 Å². The van der Waals surface area contributed by atoms with Crippen LogP contribution in [0, 0.1) is 5.92 Å². The molecule has 0 bridgehead atoms. The Labute approximate surface area is 189 Å². The number of imidazole rings is 1. The number of aromatic nitrogens is 4. The summed E-state index contributed by atoms with van der Waals surface area (Å²) in [5.41, 5.74) is 2.00. The minimum Gasteiger partial charge on any atom is -0.324 e. The summed E-state index contributed by atoms with van der Waals surface area (Å²) < 4.78 is 3.71. The van der Waals surface area contributed by atoms with E-state index >= 15 is 0 Å². The molecule has 172 valence electrons. The Morgan fingerprint density at radius 2 is 1.88 bits per heavy atom. The Morgan fingerprint density at radius 3 is 2.64 bits per heavy atom. The van der Waals surface area contributed by atoms with E-state index in [1.165, 1.54) is 29.6 Å². The van der Waals surface area contributed by atoms with Gasteiger partial charge in [0.1, 0.15) is 6.54 Å². The molecule has 5 rings (SSSR count). The summed E-state index contributed by atoms with van der Waals surface area (Å²) in [6, 6.07) is 5.63. The van der Waals surface area contributed by atoms with E-state index in [0.29, 0.717) is 12.2 Å². The number of hydrogen-bond donors (Lipinski definition) is 1. The van der Waals surface area contributed by atoms with Gasteiger partial charge in [-0.05, 0) is 37.0 Å². The van der Waals surface area contributed by atoms with Crippen LogP contribution < -0.4 is 21.5 Å². The van der Waals surface area contributed by atoms with Crippen LogP contribution in [-0.4, -0.2) is 37.0 Å². The van der Waals surface area contributed by atoms with E-state index in [-0.39, 0.29) is 35.4 Å². The minimum atomic E-state index is -0.503. The van der Waals surface area contributed by atoms with Gasteiger partial charge >= 0.3 is 5.69 Å². The van der Waals surface area contributed by atoms with E-state index in [1.807, 2.05) is 23.1 Å². The molecule has 1 N–H and O–H groups in total. The first-order valence-electron chi connectivity index (χ1n) is 11.2. The van der Waals surface area contributed by atoms with Crippen molar-refractivity contribution in [2.24, 2.45) is 20.0 Å². The molecule has 1 fully saturated rings. The van der Waals surface area contributed by atoms with E-state index < -0.39 is 11.2 Å². The van der Waals surface area contributed by atoms with Gasteiger partial charge in [0.2, 0.25) is 11.8 Å². The van der Waals surface area contributed by atoms with Gasteiger partial charge in [-0.15, -0.1) is 0 Å².